The summed E-state index contributed by atoms with van der Waals surface area (Å²) < 4.78 is 1.53. The number of carbonyl (C=O) groups is 5. The lowest BCUT2D eigenvalue weighted by Crippen LogP contribution is -2.36. The van der Waals surface area contributed by atoms with Crippen LogP contribution in [0.15, 0.2) is 79.0 Å². The maximum Gasteiger partial charge on any atom is 0.330 e. The van der Waals surface area contributed by atoms with Crippen LogP contribution in [0.3, 0.4) is 0 Å². The number of aliphatic carboxylic acids is 1. The van der Waals surface area contributed by atoms with Crippen molar-refractivity contribution >= 4 is 57.7 Å². The molecule has 11 heteroatoms. The molecule has 0 fully saturated rings. The summed E-state index contributed by atoms with van der Waals surface area (Å²) in [5, 5.41) is 18.1. The lowest BCUT2D eigenvalue weighted by molar-refractivity contribution is -0.137. The lowest BCUT2D eigenvalue weighted by Gasteiger charge is -2.18. The molecule has 0 bridgehead atoms. The molecule has 0 aliphatic carbocycles. The van der Waals surface area contributed by atoms with Crippen molar-refractivity contribution in [3.05, 3.63) is 90.1 Å². The van der Waals surface area contributed by atoms with E-state index in [1.54, 1.807) is 36.5 Å². The zero-order valence-corrected chi connectivity index (χ0v) is 21.2. The molecule has 0 atom stereocenters. The maximum absolute atomic E-state index is 13.0. The molecule has 40 heavy (non-hydrogen) atoms. The van der Waals surface area contributed by atoms with Gasteiger partial charge in [-0.3, -0.25) is 23.7 Å². The number of fused-ring (bicyclic) bond motifs is 2. The predicted molar refractivity (Wildman–Crippen MR) is 148 cm³/mol. The Bertz CT molecular complexity index is 1640. The number of aromatic nitrogens is 1. The molecule has 0 radical (unpaired) electrons. The molecule has 3 aromatic carbocycles. The van der Waals surface area contributed by atoms with Crippen molar-refractivity contribution in [2.24, 2.45) is 0 Å². The Morgan fingerprint density at radius 3 is 2.42 bits per heavy atom. The number of amides is 4. The first-order chi connectivity index (χ1) is 19.3. The summed E-state index contributed by atoms with van der Waals surface area (Å²) in [7, 11) is 0. The molecule has 2 heterocycles. The molecule has 4 N–H and O–H groups in total. The summed E-state index contributed by atoms with van der Waals surface area (Å²) in [6.45, 7) is -0.378. The minimum atomic E-state index is -1.08. The highest BCUT2D eigenvalue weighted by Crippen LogP contribution is 2.25. The van der Waals surface area contributed by atoms with Crippen LogP contribution in [0.5, 0.6) is 0 Å². The van der Waals surface area contributed by atoms with Crippen molar-refractivity contribution in [1.82, 2.24) is 9.47 Å². The van der Waals surface area contributed by atoms with Crippen LogP contribution in [-0.2, 0) is 20.8 Å². The van der Waals surface area contributed by atoms with E-state index in [1.807, 2.05) is 30.3 Å². The molecular formula is C29H25N5O6. The van der Waals surface area contributed by atoms with Gasteiger partial charge in [0.15, 0.2) is 0 Å². The first-order valence-corrected chi connectivity index (χ1v) is 12.5. The fourth-order valence-electron chi connectivity index (χ4n) is 4.46. The van der Waals surface area contributed by atoms with E-state index in [0.717, 1.165) is 10.9 Å². The van der Waals surface area contributed by atoms with Crippen LogP contribution in [0.2, 0.25) is 0 Å². The molecule has 1 aliphatic rings. The largest absolute Gasteiger partial charge is 0.481 e. The van der Waals surface area contributed by atoms with Gasteiger partial charge in [-0.25, -0.2) is 4.79 Å². The molecule has 0 unspecified atom stereocenters. The van der Waals surface area contributed by atoms with E-state index >= 15 is 0 Å². The Balaban J connectivity index is 1.21. The summed E-state index contributed by atoms with van der Waals surface area (Å²) >= 11 is 0. The van der Waals surface area contributed by atoms with Crippen LogP contribution in [0, 0.1) is 0 Å². The summed E-state index contributed by atoms with van der Waals surface area (Å²) in [4.78, 5) is 62.7. The maximum atomic E-state index is 13.0. The summed E-state index contributed by atoms with van der Waals surface area (Å²) in [6.07, 6.45) is 1.45. The standard InChI is InChI=1S/C29H25N5O6/c35-25(30-21-9-10-23-22(16-21)28(39)33(13-12-27(37)38)17-26(36)32-23)15-18-5-7-20(8-6-18)31-29(40)34-14-11-19-3-1-2-4-24(19)34/h1-11,14,16H,12-13,15,17H2,(H,30,35)(H,31,40)(H,32,36)(H,37,38). The Morgan fingerprint density at radius 1 is 0.900 bits per heavy atom. The lowest BCUT2D eigenvalue weighted by atomic mass is 10.1. The SMILES string of the molecule is O=C(O)CCN1CC(=O)Nc2ccc(NC(=O)Cc3ccc(NC(=O)n4ccc5ccccc54)cc3)cc2C1=O. The average molecular weight is 540 g/mol. The zero-order valence-electron chi connectivity index (χ0n) is 21.2. The van der Waals surface area contributed by atoms with Crippen molar-refractivity contribution in [3.63, 3.8) is 0 Å². The molecule has 1 aromatic heterocycles. The minimum Gasteiger partial charge on any atom is -0.481 e. The Kier molecular flexibility index (Phi) is 7.27. The van der Waals surface area contributed by atoms with Crippen LogP contribution in [0.25, 0.3) is 10.9 Å². The van der Waals surface area contributed by atoms with Gasteiger partial charge in [0.25, 0.3) is 5.91 Å². The van der Waals surface area contributed by atoms with E-state index in [-0.39, 0.29) is 49.1 Å². The normalized spacial score (nSPS) is 12.8. The van der Waals surface area contributed by atoms with Gasteiger partial charge in [-0.1, -0.05) is 30.3 Å². The van der Waals surface area contributed by atoms with Crippen LogP contribution in [-0.4, -0.2) is 57.4 Å². The molecule has 4 amide bonds. The van der Waals surface area contributed by atoms with Crippen molar-refractivity contribution in [3.8, 4) is 0 Å². The second-order valence-corrected chi connectivity index (χ2v) is 9.28. The number of hydrogen-bond acceptors (Lipinski definition) is 5. The highest BCUT2D eigenvalue weighted by atomic mass is 16.4. The first-order valence-electron chi connectivity index (χ1n) is 12.5. The second kappa shape index (κ2) is 11.1. The summed E-state index contributed by atoms with van der Waals surface area (Å²) in [5.74, 6) is -2.35. The van der Waals surface area contributed by atoms with E-state index in [0.29, 0.717) is 16.9 Å². The third-order valence-corrected chi connectivity index (χ3v) is 6.41. The fraction of sp³-hybridized carbons (Fsp3) is 0.138. The number of para-hydroxylation sites is 1. The minimum absolute atomic E-state index is 0.0446. The van der Waals surface area contributed by atoms with Gasteiger partial charge >= 0.3 is 12.0 Å². The highest BCUT2D eigenvalue weighted by molar-refractivity contribution is 6.09. The van der Waals surface area contributed by atoms with Crippen molar-refractivity contribution in [1.29, 1.82) is 0 Å². The monoisotopic (exact) mass is 539 g/mol. The number of nitrogens with one attached hydrogen (secondary N) is 3. The number of nitrogens with zero attached hydrogens (tertiary/aromatic N) is 2. The van der Waals surface area contributed by atoms with Gasteiger partial charge in [0.1, 0.15) is 6.54 Å². The smallest absolute Gasteiger partial charge is 0.330 e. The molecule has 11 nitrogen and oxygen atoms in total. The number of carboxylic acid groups (broad SMARTS) is 1. The second-order valence-electron chi connectivity index (χ2n) is 9.28. The van der Waals surface area contributed by atoms with Crippen molar-refractivity contribution in [2.45, 2.75) is 12.8 Å². The highest BCUT2D eigenvalue weighted by Gasteiger charge is 2.27. The van der Waals surface area contributed by atoms with Crippen molar-refractivity contribution in [2.75, 3.05) is 29.0 Å². The van der Waals surface area contributed by atoms with Crippen LogP contribution in [0.1, 0.15) is 22.3 Å². The Labute approximate surface area is 228 Å². The third kappa shape index (κ3) is 5.83. The Morgan fingerprint density at radius 2 is 1.65 bits per heavy atom. The molecular weight excluding hydrogens is 514 g/mol. The van der Waals surface area contributed by atoms with Crippen LogP contribution in [0.4, 0.5) is 21.9 Å². The summed E-state index contributed by atoms with van der Waals surface area (Å²) in [5.41, 5.74) is 2.88. The van der Waals surface area contributed by atoms with Crippen LogP contribution >= 0.6 is 0 Å². The van der Waals surface area contributed by atoms with Gasteiger partial charge < -0.3 is 26.0 Å². The van der Waals surface area contributed by atoms with Gasteiger partial charge in [-0.2, -0.15) is 0 Å². The number of anilines is 3. The topological polar surface area (TPSA) is 150 Å². The van der Waals surface area contributed by atoms with E-state index in [9.17, 15) is 24.0 Å². The first kappa shape index (κ1) is 26.2. The van der Waals surface area contributed by atoms with Gasteiger partial charge in [0.05, 0.1) is 29.6 Å². The van der Waals surface area contributed by atoms with Gasteiger partial charge in [-0.05, 0) is 48.0 Å². The van der Waals surface area contributed by atoms with E-state index in [2.05, 4.69) is 16.0 Å². The molecule has 0 saturated carbocycles. The average Bonchev–Trinajstić information content (AvgIpc) is 3.32. The Hall–Kier alpha value is -5.45. The van der Waals surface area contributed by atoms with Gasteiger partial charge in [0.2, 0.25) is 11.8 Å². The van der Waals surface area contributed by atoms with Gasteiger partial charge in [0, 0.05) is 29.5 Å². The van der Waals surface area contributed by atoms with Crippen LogP contribution < -0.4 is 16.0 Å². The van der Waals surface area contributed by atoms with Crippen molar-refractivity contribution < 1.29 is 29.1 Å². The molecule has 1 aliphatic heterocycles. The fourth-order valence-corrected chi connectivity index (χ4v) is 4.46. The molecule has 0 spiro atoms. The van der Waals surface area contributed by atoms with E-state index < -0.39 is 17.8 Å². The number of carboxylic acids is 1. The predicted octanol–water partition coefficient (Wildman–Crippen LogP) is 3.77. The van der Waals surface area contributed by atoms with E-state index in [4.69, 9.17) is 5.11 Å². The number of carbonyl (C=O) groups excluding carboxylic acids is 4. The number of benzene rings is 3. The number of hydrogen-bond donors (Lipinski definition) is 4. The summed E-state index contributed by atoms with van der Waals surface area (Å²) in [6, 6.07) is 20.6. The van der Waals surface area contributed by atoms with Gasteiger partial charge in [-0.15, -0.1) is 0 Å². The molecule has 4 aromatic rings. The molecule has 0 saturated heterocycles. The quantitative estimate of drug-likeness (QED) is 0.281. The molecule has 202 valence electrons. The third-order valence-electron chi connectivity index (χ3n) is 6.41. The molecule has 5 rings (SSSR count). The number of rotatable bonds is 7. The zero-order chi connectivity index (χ0) is 28.2. The van der Waals surface area contributed by atoms with E-state index in [1.165, 1.54) is 21.6 Å².